The Kier molecular flexibility index (Phi) is 8.04. The lowest BCUT2D eigenvalue weighted by atomic mass is 9.96. The maximum Gasteiger partial charge on any atom is 0.339 e. The number of nitrogens with one attached hydrogen (secondary N) is 1. The number of hydrogen-bond acceptors (Lipinski definition) is 5. The van der Waals surface area contributed by atoms with E-state index in [-0.39, 0.29) is 35.4 Å². The molecule has 2 aromatic rings. The molecule has 172 valence electrons. The Morgan fingerprint density at radius 3 is 2.34 bits per heavy atom. The predicted octanol–water partition coefficient (Wildman–Crippen LogP) is 3.18. The van der Waals surface area contributed by atoms with Crippen LogP contribution >= 0.6 is 0 Å². The monoisotopic (exact) mass is 458 g/mol. The van der Waals surface area contributed by atoms with Gasteiger partial charge in [-0.2, -0.15) is 4.31 Å². The van der Waals surface area contributed by atoms with Gasteiger partial charge in [0.2, 0.25) is 15.9 Å². The number of methoxy groups -OCH3 is 1. The van der Waals surface area contributed by atoms with E-state index in [1.807, 2.05) is 18.2 Å². The third-order valence-corrected chi connectivity index (χ3v) is 7.94. The molecule has 3 rings (SSSR count). The molecule has 1 N–H and O–H groups in total. The zero-order valence-corrected chi connectivity index (χ0v) is 19.3. The van der Waals surface area contributed by atoms with Crippen molar-refractivity contribution in [1.29, 1.82) is 0 Å². The number of benzene rings is 2. The van der Waals surface area contributed by atoms with Crippen molar-refractivity contribution in [3.63, 3.8) is 0 Å². The molecule has 0 saturated carbocycles. The zero-order valence-electron chi connectivity index (χ0n) is 18.5. The van der Waals surface area contributed by atoms with E-state index in [2.05, 4.69) is 24.4 Å². The lowest BCUT2D eigenvalue weighted by Crippen LogP contribution is -2.43. The van der Waals surface area contributed by atoms with Gasteiger partial charge in [-0.25, -0.2) is 13.2 Å². The molecule has 0 aliphatic carbocycles. The summed E-state index contributed by atoms with van der Waals surface area (Å²) in [5.41, 5.74) is 1.26. The van der Waals surface area contributed by atoms with Crippen molar-refractivity contribution in [2.45, 2.75) is 37.0 Å². The van der Waals surface area contributed by atoms with E-state index in [9.17, 15) is 18.0 Å². The molecule has 0 aromatic heterocycles. The van der Waals surface area contributed by atoms with Crippen molar-refractivity contribution in [2.24, 2.45) is 5.92 Å². The predicted molar refractivity (Wildman–Crippen MR) is 122 cm³/mol. The van der Waals surface area contributed by atoms with Gasteiger partial charge < -0.3 is 10.1 Å². The average molecular weight is 459 g/mol. The van der Waals surface area contributed by atoms with Crippen LogP contribution in [-0.2, 0) is 19.6 Å². The molecule has 1 amide bonds. The molecule has 0 spiro atoms. The molecule has 1 saturated heterocycles. The van der Waals surface area contributed by atoms with E-state index >= 15 is 0 Å². The maximum atomic E-state index is 13.1. The van der Waals surface area contributed by atoms with Gasteiger partial charge in [0, 0.05) is 25.6 Å². The Labute approximate surface area is 189 Å². The summed E-state index contributed by atoms with van der Waals surface area (Å²) in [5, 5.41) is 3.00. The summed E-state index contributed by atoms with van der Waals surface area (Å²) >= 11 is 0. The van der Waals surface area contributed by atoms with E-state index in [1.54, 1.807) is 12.1 Å². The number of ether oxygens (including phenoxy) is 1. The van der Waals surface area contributed by atoms with Crippen LogP contribution in [0.4, 0.5) is 0 Å². The summed E-state index contributed by atoms with van der Waals surface area (Å²) in [4.78, 5) is 24.5. The van der Waals surface area contributed by atoms with Crippen molar-refractivity contribution >= 4 is 21.9 Å². The maximum absolute atomic E-state index is 13.1. The van der Waals surface area contributed by atoms with Crippen LogP contribution in [0.15, 0.2) is 59.5 Å². The van der Waals surface area contributed by atoms with Crippen molar-refractivity contribution in [1.82, 2.24) is 9.62 Å². The normalized spacial score (nSPS) is 16.3. The molecule has 1 unspecified atom stereocenters. The van der Waals surface area contributed by atoms with Crippen LogP contribution in [-0.4, -0.2) is 51.3 Å². The largest absolute Gasteiger partial charge is 0.465 e. The smallest absolute Gasteiger partial charge is 0.339 e. The summed E-state index contributed by atoms with van der Waals surface area (Å²) < 4.78 is 32.3. The Morgan fingerprint density at radius 1 is 1.06 bits per heavy atom. The highest BCUT2D eigenvalue weighted by Crippen LogP contribution is 2.26. The summed E-state index contributed by atoms with van der Waals surface area (Å²) in [5.74, 6) is -0.594. The number of hydrogen-bond donors (Lipinski definition) is 1. The number of esters is 1. The van der Waals surface area contributed by atoms with Crippen LogP contribution in [0.2, 0.25) is 0 Å². The highest BCUT2D eigenvalue weighted by Gasteiger charge is 2.34. The summed E-state index contributed by atoms with van der Waals surface area (Å²) in [6.45, 7) is 3.18. The lowest BCUT2D eigenvalue weighted by molar-refractivity contribution is -0.126. The molecular formula is C24H30N2O5S. The number of rotatable bonds is 8. The third-order valence-electron chi connectivity index (χ3n) is 5.98. The average Bonchev–Trinajstić information content (AvgIpc) is 2.84. The summed E-state index contributed by atoms with van der Waals surface area (Å²) in [7, 11) is -2.64. The number of amides is 1. The van der Waals surface area contributed by atoms with E-state index < -0.39 is 16.0 Å². The highest BCUT2D eigenvalue weighted by molar-refractivity contribution is 7.89. The van der Waals surface area contributed by atoms with Gasteiger partial charge in [0.05, 0.1) is 17.6 Å². The molecule has 8 heteroatoms. The molecule has 2 aromatic carbocycles. The van der Waals surface area contributed by atoms with Crippen molar-refractivity contribution in [2.75, 3.05) is 26.7 Å². The molecular weight excluding hydrogens is 428 g/mol. The van der Waals surface area contributed by atoms with Crippen molar-refractivity contribution < 1.29 is 22.7 Å². The van der Waals surface area contributed by atoms with E-state index in [0.717, 1.165) is 6.42 Å². The number of carbonyl (C=O) groups excluding carboxylic acids is 2. The quantitative estimate of drug-likeness (QED) is 0.614. The second-order valence-electron chi connectivity index (χ2n) is 8.06. The Morgan fingerprint density at radius 2 is 1.69 bits per heavy atom. The van der Waals surface area contributed by atoms with Crippen LogP contribution in [0.1, 0.15) is 48.0 Å². The first-order chi connectivity index (χ1) is 15.3. The fraction of sp³-hybridized carbons (Fsp3) is 0.417. The molecule has 1 aliphatic heterocycles. The number of nitrogens with zero attached hydrogens (tertiary/aromatic N) is 1. The number of sulfonamides is 1. The molecule has 7 nitrogen and oxygen atoms in total. The fourth-order valence-corrected chi connectivity index (χ4v) is 5.62. The van der Waals surface area contributed by atoms with Gasteiger partial charge in [-0.15, -0.1) is 0 Å². The van der Waals surface area contributed by atoms with Gasteiger partial charge in [-0.1, -0.05) is 49.4 Å². The summed E-state index contributed by atoms with van der Waals surface area (Å²) in [6, 6.07) is 16.2. The Balaban J connectivity index is 1.53. The molecule has 1 heterocycles. The van der Waals surface area contributed by atoms with Crippen LogP contribution in [0.3, 0.4) is 0 Å². The topological polar surface area (TPSA) is 92.8 Å². The second kappa shape index (κ2) is 10.7. The van der Waals surface area contributed by atoms with Gasteiger partial charge in [0.1, 0.15) is 0 Å². The Hall–Kier alpha value is -2.71. The van der Waals surface area contributed by atoms with Crippen molar-refractivity contribution in [3.05, 3.63) is 65.7 Å². The van der Waals surface area contributed by atoms with Crippen LogP contribution in [0, 0.1) is 5.92 Å². The minimum atomic E-state index is -3.85. The van der Waals surface area contributed by atoms with Crippen molar-refractivity contribution in [3.8, 4) is 0 Å². The van der Waals surface area contributed by atoms with Gasteiger partial charge in [-0.3, -0.25) is 4.79 Å². The fourth-order valence-electron chi connectivity index (χ4n) is 3.97. The first kappa shape index (κ1) is 23.9. The molecule has 1 atom stereocenters. The van der Waals surface area contributed by atoms with Gasteiger partial charge in [0.25, 0.3) is 0 Å². The number of carbonyl (C=O) groups is 2. The van der Waals surface area contributed by atoms with E-state index in [4.69, 9.17) is 4.74 Å². The van der Waals surface area contributed by atoms with Gasteiger partial charge in [-0.05, 0) is 42.9 Å². The standard InChI is InChI=1S/C24H30N2O5S/c1-18(19-8-4-3-5-9-19)12-15-25-23(27)20-13-16-26(17-14-20)32(29,30)22-11-7-6-10-21(22)24(28)31-2/h3-11,18,20H,12-17H2,1-2H3,(H,25,27). The Bertz CT molecular complexity index is 1030. The molecule has 1 fully saturated rings. The second-order valence-corrected chi connectivity index (χ2v) is 9.96. The van der Waals surface area contributed by atoms with E-state index in [0.29, 0.717) is 25.3 Å². The first-order valence-electron chi connectivity index (χ1n) is 10.8. The SMILES string of the molecule is COC(=O)c1ccccc1S(=O)(=O)N1CCC(C(=O)NCCC(C)c2ccccc2)CC1. The summed E-state index contributed by atoms with van der Waals surface area (Å²) in [6.07, 6.45) is 1.73. The minimum absolute atomic E-state index is 0.0161. The van der Waals surface area contributed by atoms with E-state index in [1.165, 1.54) is 29.1 Å². The molecule has 0 radical (unpaired) electrons. The zero-order chi connectivity index (χ0) is 23.1. The van der Waals surface area contributed by atoms with Crippen LogP contribution in [0.5, 0.6) is 0 Å². The highest BCUT2D eigenvalue weighted by atomic mass is 32.2. The van der Waals surface area contributed by atoms with Crippen LogP contribution < -0.4 is 5.32 Å². The van der Waals surface area contributed by atoms with Gasteiger partial charge in [0.15, 0.2) is 0 Å². The lowest BCUT2D eigenvalue weighted by Gasteiger charge is -2.31. The third kappa shape index (κ3) is 5.55. The van der Waals surface area contributed by atoms with Gasteiger partial charge >= 0.3 is 5.97 Å². The number of piperidine rings is 1. The molecule has 0 bridgehead atoms. The van der Waals surface area contributed by atoms with Crippen LogP contribution in [0.25, 0.3) is 0 Å². The molecule has 1 aliphatic rings. The molecule has 32 heavy (non-hydrogen) atoms. The minimum Gasteiger partial charge on any atom is -0.465 e. The first-order valence-corrected chi connectivity index (χ1v) is 12.3.